The predicted molar refractivity (Wildman–Crippen MR) is 105 cm³/mol. The van der Waals surface area contributed by atoms with Gasteiger partial charge in [0.05, 0.1) is 0 Å². The number of piperidine rings is 2. The maximum absolute atomic E-state index is 12.3. The summed E-state index contributed by atoms with van der Waals surface area (Å²) in [6.07, 6.45) is 9.60. The normalized spacial score (nSPS) is 22.0. The van der Waals surface area contributed by atoms with Gasteiger partial charge >= 0.3 is 0 Å². The topological polar surface area (TPSA) is 35.6 Å². The van der Waals surface area contributed by atoms with Gasteiger partial charge in [0.25, 0.3) is 0 Å². The Bertz CT molecular complexity index is 537. The number of nitrogens with zero attached hydrogens (tertiary/aromatic N) is 2. The van der Waals surface area contributed by atoms with Crippen molar-refractivity contribution in [2.75, 3.05) is 36.4 Å². The van der Waals surface area contributed by atoms with Gasteiger partial charge in [-0.15, -0.1) is 0 Å². The second-order valence-electron chi connectivity index (χ2n) is 7.49. The molecule has 1 aromatic carbocycles. The largest absolute Gasteiger partial charge is 0.372 e. The quantitative estimate of drug-likeness (QED) is 0.838. The molecule has 2 aliphatic heterocycles. The Balaban J connectivity index is 1.45. The van der Waals surface area contributed by atoms with Crippen molar-refractivity contribution in [1.29, 1.82) is 0 Å². The second kappa shape index (κ2) is 9.23. The van der Waals surface area contributed by atoms with Crippen LogP contribution < -0.4 is 10.2 Å². The fourth-order valence-corrected chi connectivity index (χ4v) is 4.19. The van der Waals surface area contributed by atoms with Gasteiger partial charge in [0, 0.05) is 43.5 Å². The van der Waals surface area contributed by atoms with Crippen LogP contribution in [-0.4, -0.2) is 43.0 Å². The molecule has 0 saturated carbocycles. The number of amides is 1. The molecule has 3 rings (SSSR count). The summed E-state index contributed by atoms with van der Waals surface area (Å²) < 4.78 is 0. The third kappa shape index (κ3) is 5.21. The highest BCUT2D eigenvalue weighted by Crippen LogP contribution is 2.22. The highest BCUT2D eigenvalue weighted by molar-refractivity contribution is 5.91. The molecule has 1 amide bonds. The van der Waals surface area contributed by atoms with Crippen LogP contribution in [0.5, 0.6) is 0 Å². The van der Waals surface area contributed by atoms with Crippen molar-refractivity contribution in [2.24, 2.45) is 0 Å². The average Bonchev–Trinajstić information content (AvgIpc) is 2.68. The van der Waals surface area contributed by atoms with Gasteiger partial charge in [-0.3, -0.25) is 9.69 Å². The molecule has 4 nitrogen and oxygen atoms in total. The fraction of sp³-hybridized carbons (Fsp3) is 0.667. The zero-order valence-corrected chi connectivity index (χ0v) is 15.7. The molecule has 1 N–H and O–H groups in total. The molecule has 2 fully saturated rings. The Morgan fingerprint density at radius 1 is 1.04 bits per heavy atom. The summed E-state index contributed by atoms with van der Waals surface area (Å²) in [5.74, 6) is 0.131. The van der Waals surface area contributed by atoms with E-state index in [1.807, 2.05) is 12.1 Å². The SMILES string of the molecule is CCC1CCCCN1CCC(=O)Nc1ccc(N2CCCCC2)cc1. The molecule has 0 aliphatic carbocycles. The molecular formula is C21H33N3O. The van der Waals surface area contributed by atoms with Gasteiger partial charge in [0.2, 0.25) is 5.91 Å². The van der Waals surface area contributed by atoms with Crippen LogP contribution in [0.4, 0.5) is 11.4 Å². The number of benzene rings is 1. The molecule has 0 radical (unpaired) electrons. The van der Waals surface area contributed by atoms with E-state index < -0.39 is 0 Å². The van der Waals surface area contributed by atoms with Gasteiger partial charge in [-0.2, -0.15) is 0 Å². The number of hydrogen-bond donors (Lipinski definition) is 1. The molecule has 2 aliphatic rings. The van der Waals surface area contributed by atoms with Crippen LogP contribution in [0, 0.1) is 0 Å². The van der Waals surface area contributed by atoms with Gasteiger partial charge in [0.15, 0.2) is 0 Å². The Kier molecular flexibility index (Phi) is 6.74. The van der Waals surface area contributed by atoms with Crippen LogP contribution in [0.2, 0.25) is 0 Å². The summed E-state index contributed by atoms with van der Waals surface area (Å²) in [6, 6.07) is 9.03. The molecule has 138 valence electrons. The number of nitrogens with one attached hydrogen (secondary N) is 1. The molecular weight excluding hydrogens is 310 g/mol. The van der Waals surface area contributed by atoms with E-state index >= 15 is 0 Å². The van der Waals surface area contributed by atoms with E-state index in [-0.39, 0.29) is 5.91 Å². The van der Waals surface area contributed by atoms with Gasteiger partial charge in [-0.1, -0.05) is 13.3 Å². The number of likely N-dealkylation sites (tertiary alicyclic amines) is 1. The first kappa shape index (κ1) is 18.2. The summed E-state index contributed by atoms with van der Waals surface area (Å²) in [5, 5.41) is 3.06. The number of hydrogen-bond acceptors (Lipinski definition) is 3. The summed E-state index contributed by atoms with van der Waals surface area (Å²) in [5.41, 5.74) is 2.19. The molecule has 0 spiro atoms. The van der Waals surface area contributed by atoms with Crippen molar-refractivity contribution in [3.8, 4) is 0 Å². The maximum Gasteiger partial charge on any atom is 0.225 e. The van der Waals surface area contributed by atoms with Crippen molar-refractivity contribution in [3.63, 3.8) is 0 Å². The van der Waals surface area contributed by atoms with Gasteiger partial charge in [-0.25, -0.2) is 0 Å². The summed E-state index contributed by atoms with van der Waals surface area (Å²) in [6.45, 7) is 6.60. The summed E-state index contributed by atoms with van der Waals surface area (Å²) in [4.78, 5) is 17.2. The Hall–Kier alpha value is -1.55. The fourth-order valence-electron chi connectivity index (χ4n) is 4.19. The Labute approximate surface area is 152 Å². The van der Waals surface area contributed by atoms with E-state index in [0.717, 1.165) is 31.9 Å². The smallest absolute Gasteiger partial charge is 0.225 e. The molecule has 1 aromatic rings. The first-order valence-electron chi connectivity index (χ1n) is 10.1. The molecule has 1 unspecified atom stereocenters. The van der Waals surface area contributed by atoms with Crippen molar-refractivity contribution in [1.82, 2.24) is 4.90 Å². The molecule has 25 heavy (non-hydrogen) atoms. The van der Waals surface area contributed by atoms with E-state index in [9.17, 15) is 4.79 Å². The van der Waals surface area contributed by atoms with Crippen LogP contribution in [0.25, 0.3) is 0 Å². The molecule has 1 atom stereocenters. The summed E-state index contributed by atoms with van der Waals surface area (Å²) in [7, 11) is 0. The Morgan fingerprint density at radius 3 is 2.48 bits per heavy atom. The third-order valence-corrected chi connectivity index (χ3v) is 5.72. The first-order chi connectivity index (χ1) is 12.3. The molecule has 0 bridgehead atoms. The second-order valence-corrected chi connectivity index (χ2v) is 7.49. The monoisotopic (exact) mass is 343 g/mol. The van der Waals surface area contributed by atoms with E-state index in [0.29, 0.717) is 12.5 Å². The molecule has 4 heteroatoms. The Morgan fingerprint density at radius 2 is 1.76 bits per heavy atom. The van der Waals surface area contributed by atoms with Gasteiger partial charge in [-0.05, 0) is 69.3 Å². The lowest BCUT2D eigenvalue weighted by Crippen LogP contribution is -2.40. The minimum atomic E-state index is 0.131. The van der Waals surface area contributed by atoms with E-state index in [4.69, 9.17) is 0 Å². The molecule has 2 saturated heterocycles. The van der Waals surface area contributed by atoms with Crippen LogP contribution in [0.1, 0.15) is 58.3 Å². The lowest BCUT2D eigenvalue weighted by Gasteiger charge is -2.35. The number of rotatable bonds is 6. The minimum absolute atomic E-state index is 0.131. The number of carbonyl (C=O) groups is 1. The maximum atomic E-state index is 12.3. The van der Waals surface area contributed by atoms with Crippen molar-refractivity contribution < 1.29 is 4.79 Å². The summed E-state index contributed by atoms with van der Waals surface area (Å²) >= 11 is 0. The lowest BCUT2D eigenvalue weighted by atomic mass is 10.00. The average molecular weight is 344 g/mol. The highest BCUT2D eigenvalue weighted by Gasteiger charge is 2.21. The number of anilines is 2. The van der Waals surface area contributed by atoms with Crippen molar-refractivity contribution in [2.45, 2.75) is 64.3 Å². The van der Waals surface area contributed by atoms with Crippen LogP contribution in [-0.2, 0) is 4.79 Å². The first-order valence-corrected chi connectivity index (χ1v) is 10.1. The van der Waals surface area contributed by atoms with Gasteiger partial charge < -0.3 is 10.2 Å². The van der Waals surface area contributed by atoms with Gasteiger partial charge in [0.1, 0.15) is 0 Å². The van der Waals surface area contributed by atoms with Crippen LogP contribution in [0.15, 0.2) is 24.3 Å². The number of carbonyl (C=O) groups excluding carboxylic acids is 1. The van der Waals surface area contributed by atoms with Crippen LogP contribution >= 0.6 is 0 Å². The third-order valence-electron chi connectivity index (χ3n) is 5.72. The van der Waals surface area contributed by atoms with Crippen molar-refractivity contribution in [3.05, 3.63) is 24.3 Å². The van der Waals surface area contributed by atoms with Crippen LogP contribution in [0.3, 0.4) is 0 Å². The van der Waals surface area contributed by atoms with E-state index in [1.54, 1.807) is 0 Å². The highest BCUT2D eigenvalue weighted by atomic mass is 16.1. The predicted octanol–water partition coefficient (Wildman–Crippen LogP) is 4.27. The van der Waals surface area contributed by atoms with Crippen molar-refractivity contribution >= 4 is 17.3 Å². The van der Waals surface area contributed by atoms with E-state index in [2.05, 4.69) is 34.2 Å². The lowest BCUT2D eigenvalue weighted by molar-refractivity contribution is -0.116. The minimum Gasteiger partial charge on any atom is -0.372 e. The standard InChI is InChI=1S/C21H33N3O/c1-2-19-8-4-7-16-24(19)17-13-21(25)22-18-9-11-20(12-10-18)23-14-5-3-6-15-23/h9-12,19H,2-8,13-17H2,1H3,(H,22,25). The molecule has 0 aromatic heterocycles. The zero-order chi connectivity index (χ0) is 17.5. The van der Waals surface area contributed by atoms with E-state index in [1.165, 1.54) is 50.6 Å². The molecule has 2 heterocycles. The zero-order valence-electron chi connectivity index (χ0n) is 15.7.